The molecule has 0 aliphatic heterocycles. The van der Waals surface area contributed by atoms with Crippen LogP contribution in [0.2, 0.25) is 5.02 Å². The summed E-state index contributed by atoms with van der Waals surface area (Å²) in [5, 5.41) is 0.658. The van der Waals surface area contributed by atoms with Crippen LogP contribution in [0, 0.1) is 13.8 Å². The molecule has 0 fully saturated rings. The van der Waals surface area contributed by atoms with Crippen LogP contribution in [0.4, 0.5) is 0 Å². The van der Waals surface area contributed by atoms with Gasteiger partial charge in [0.25, 0.3) is 5.56 Å². The van der Waals surface area contributed by atoms with Crippen LogP contribution in [-0.2, 0) is 0 Å². The highest BCUT2D eigenvalue weighted by molar-refractivity contribution is 7.18. The van der Waals surface area contributed by atoms with Crippen molar-refractivity contribution in [3.05, 3.63) is 91.8 Å². The van der Waals surface area contributed by atoms with Gasteiger partial charge in [-0.25, -0.2) is 4.98 Å². The predicted molar refractivity (Wildman–Crippen MR) is 115 cm³/mol. The third-order valence-corrected chi connectivity index (χ3v) is 5.74. The fourth-order valence-corrected chi connectivity index (χ4v) is 4.13. The van der Waals surface area contributed by atoms with E-state index in [0.717, 1.165) is 27.2 Å². The largest absolute Gasteiger partial charge is 0.276 e. The van der Waals surface area contributed by atoms with E-state index in [1.807, 2.05) is 80.6 Å². The third kappa shape index (κ3) is 3.34. The molecular weight excluding hydrogens is 376 g/mol. The summed E-state index contributed by atoms with van der Waals surface area (Å²) < 4.78 is 2.35. The molecule has 4 aromatic rings. The lowest BCUT2D eigenvalue weighted by atomic mass is 10.2. The molecule has 0 aliphatic carbocycles. The van der Waals surface area contributed by atoms with Gasteiger partial charge in [0, 0.05) is 9.90 Å². The van der Waals surface area contributed by atoms with Gasteiger partial charge in [0.2, 0.25) is 0 Å². The van der Waals surface area contributed by atoms with Crippen molar-refractivity contribution in [1.82, 2.24) is 9.55 Å². The van der Waals surface area contributed by atoms with Crippen molar-refractivity contribution in [1.29, 1.82) is 0 Å². The zero-order valence-corrected chi connectivity index (χ0v) is 16.5. The summed E-state index contributed by atoms with van der Waals surface area (Å²) in [5.41, 5.74) is 3.41. The third-order valence-electron chi connectivity index (χ3n) is 4.37. The minimum absolute atomic E-state index is 0.0498. The zero-order chi connectivity index (χ0) is 19.0. The summed E-state index contributed by atoms with van der Waals surface area (Å²) in [7, 11) is 0. The molecule has 0 amide bonds. The second kappa shape index (κ2) is 7.14. The average molecular weight is 393 g/mol. The summed E-state index contributed by atoms with van der Waals surface area (Å²) >= 11 is 7.74. The Hall–Kier alpha value is -2.69. The van der Waals surface area contributed by atoms with Crippen LogP contribution in [-0.4, -0.2) is 9.55 Å². The number of hydrogen-bond acceptors (Lipinski definition) is 3. The molecule has 0 saturated carbocycles. The summed E-state index contributed by atoms with van der Waals surface area (Å²) in [6, 6.07) is 17.4. The maximum absolute atomic E-state index is 13.3. The van der Waals surface area contributed by atoms with E-state index in [2.05, 4.69) is 0 Å². The molecule has 0 unspecified atom stereocenters. The first-order valence-corrected chi connectivity index (χ1v) is 9.76. The van der Waals surface area contributed by atoms with Gasteiger partial charge in [-0.1, -0.05) is 48.0 Å². The van der Waals surface area contributed by atoms with Crippen molar-refractivity contribution in [3.8, 4) is 5.69 Å². The van der Waals surface area contributed by atoms with E-state index >= 15 is 0 Å². The van der Waals surface area contributed by atoms with Crippen LogP contribution >= 0.6 is 22.9 Å². The van der Waals surface area contributed by atoms with E-state index in [9.17, 15) is 4.79 Å². The molecule has 0 N–H and O–H groups in total. The van der Waals surface area contributed by atoms with E-state index in [4.69, 9.17) is 16.6 Å². The molecule has 27 heavy (non-hydrogen) atoms. The van der Waals surface area contributed by atoms with Crippen LogP contribution in [0.15, 0.2) is 59.4 Å². The van der Waals surface area contributed by atoms with Gasteiger partial charge in [-0.05, 0) is 55.3 Å². The van der Waals surface area contributed by atoms with Gasteiger partial charge in [0.1, 0.15) is 10.5 Å². The fourth-order valence-electron chi connectivity index (χ4n) is 3.05. The molecule has 3 nitrogen and oxygen atoms in total. The lowest BCUT2D eigenvalue weighted by molar-refractivity contribution is 0.938. The van der Waals surface area contributed by atoms with Crippen LogP contribution in [0.5, 0.6) is 0 Å². The first-order valence-electron chi connectivity index (χ1n) is 8.56. The second-order valence-electron chi connectivity index (χ2n) is 6.32. The summed E-state index contributed by atoms with van der Waals surface area (Å²) in [6.07, 6.45) is 3.74. The van der Waals surface area contributed by atoms with E-state index in [1.54, 1.807) is 4.57 Å². The lowest BCUT2D eigenvalue weighted by Crippen LogP contribution is -2.22. The number of para-hydroxylation sites is 1. The minimum atomic E-state index is -0.0498. The van der Waals surface area contributed by atoms with Crippen LogP contribution in [0.1, 0.15) is 21.8 Å². The molecule has 134 valence electrons. The molecule has 0 bridgehead atoms. The van der Waals surface area contributed by atoms with Crippen molar-refractivity contribution in [2.24, 2.45) is 0 Å². The van der Waals surface area contributed by atoms with E-state index in [-0.39, 0.29) is 5.56 Å². The van der Waals surface area contributed by atoms with Gasteiger partial charge < -0.3 is 0 Å². The number of rotatable bonds is 3. The normalized spacial score (nSPS) is 11.5. The van der Waals surface area contributed by atoms with Gasteiger partial charge >= 0.3 is 0 Å². The van der Waals surface area contributed by atoms with Crippen molar-refractivity contribution in [3.63, 3.8) is 0 Å². The number of benzene rings is 2. The predicted octanol–water partition coefficient (Wildman–Crippen LogP) is 5.89. The van der Waals surface area contributed by atoms with Crippen molar-refractivity contribution in [2.75, 3.05) is 0 Å². The highest BCUT2D eigenvalue weighted by atomic mass is 35.5. The number of nitrogens with zero attached hydrogens (tertiary/aromatic N) is 2. The van der Waals surface area contributed by atoms with Gasteiger partial charge in [-0.15, -0.1) is 11.3 Å². The number of fused-ring (bicyclic) bond motifs is 1. The fraction of sp³-hybridized carbons (Fsp3) is 0.0909. The minimum Gasteiger partial charge on any atom is -0.267 e. The average Bonchev–Trinajstić information content (AvgIpc) is 3.03. The topological polar surface area (TPSA) is 34.9 Å². The first kappa shape index (κ1) is 17.7. The summed E-state index contributed by atoms with van der Waals surface area (Å²) in [5.74, 6) is 0.583. The van der Waals surface area contributed by atoms with Crippen LogP contribution < -0.4 is 5.56 Å². The van der Waals surface area contributed by atoms with Gasteiger partial charge in [0.15, 0.2) is 0 Å². The molecule has 2 aromatic heterocycles. The highest BCUT2D eigenvalue weighted by Gasteiger charge is 2.14. The molecular formula is C22H17ClN2OS. The Morgan fingerprint density at radius 3 is 2.56 bits per heavy atom. The Balaban J connectivity index is 1.98. The molecule has 4 rings (SSSR count). The Labute approximate surface area is 166 Å². The number of halogens is 1. The number of aromatic nitrogens is 2. The van der Waals surface area contributed by atoms with Crippen LogP contribution in [0.25, 0.3) is 28.1 Å². The Bertz CT molecular complexity index is 1240. The second-order valence-corrected chi connectivity index (χ2v) is 7.99. The van der Waals surface area contributed by atoms with E-state index in [0.29, 0.717) is 15.5 Å². The Kier molecular flexibility index (Phi) is 4.68. The summed E-state index contributed by atoms with van der Waals surface area (Å²) in [4.78, 5) is 19.1. The number of thiophene rings is 1. The van der Waals surface area contributed by atoms with Gasteiger partial charge in [-0.3, -0.25) is 9.36 Å². The molecule has 5 heteroatoms. The van der Waals surface area contributed by atoms with Gasteiger partial charge in [-0.2, -0.15) is 0 Å². The molecule has 0 spiro atoms. The van der Waals surface area contributed by atoms with E-state index in [1.165, 1.54) is 11.3 Å². The molecule has 0 atom stereocenters. The summed E-state index contributed by atoms with van der Waals surface area (Å²) in [6.45, 7) is 3.98. The number of hydrogen-bond donors (Lipinski definition) is 0. The van der Waals surface area contributed by atoms with Crippen molar-refractivity contribution >= 4 is 45.3 Å². The van der Waals surface area contributed by atoms with E-state index < -0.39 is 0 Å². The quantitative estimate of drug-likeness (QED) is 0.435. The number of aryl methyl sites for hydroxylation is 2. The Morgan fingerprint density at radius 2 is 1.78 bits per heavy atom. The van der Waals surface area contributed by atoms with Crippen molar-refractivity contribution in [2.45, 2.75) is 13.8 Å². The molecule has 2 heterocycles. The lowest BCUT2D eigenvalue weighted by Gasteiger charge is -2.12. The van der Waals surface area contributed by atoms with Crippen LogP contribution in [0.3, 0.4) is 0 Å². The molecule has 0 aliphatic rings. The first-order chi connectivity index (χ1) is 13.0. The maximum atomic E-state index is 13.3. The highest BCUT2D eigenvalue weighted by Crippen LogP contribution is 2.24. The smallest absolute Gasteiger partial charge is 0.267 e. The SMILES string of the molecule is Cc1cc2nc(/C=C/c3ccccc3Cl)n(-c3ccccc3C)c(=O)c2s1. The zero-order valence-electron chi connectivity index (χ0n) is 14.9. The molecule has 0 radical (unpaired) electrons. The Morgan fingerprint density at radius 1 is 1.04 bits per heavy atom. The monoisotopic (exact) mass is 392 g/mol. The molecule has 0 saturated heterocycles. The van der Waals surface area contributed by atoms with Gasteiger partial charge in [0.05, 0.1) is 11.2 Å². The molecule has 2 aromatic carbocycles. The van der Waals surface area contributed by atoms with Crippen molar-refractivity contribution < 1.29 is 0 Å². The maximum Gasteiger partial charge on any atom is 0.276 e. The standard InChI is InChI=1S/C22H17ClN2OS/c1-14-7-3-6-10-19(14)25-20(12-11-16-8-4-5-9-17(16)23)24-18-13-15(2)27-21(18)22(25)26/h3-13H,1-2H3/b12-11+.